The Kier molecular flexibility index (Phi) is 7.85. The third kappa shape index (κ3) is 6.08. The molecule has 0 saturated heterocycles. The lowest BCUT2D eigenvalue weighted by molar-refractivity contribution is -0.128. The smallest absolute Gasteiger partial charge is 0.239 e. The molecule has 0 aliphatic heterocycles. The molecule has 128 valence electrons. The van der Waals surface area contributed by atoms with Crippen LogP contribution < -0.4 is 21.1 Å². The topological polar surface area (TPSA) is 93.5 Å². The zero-order valence-corrected chi connectivity index (χ0v) is 14.0. The summed E-state index contributed by atoms with van der Waals surface area (Å²) < 4.78 is 5.07. The number of carbonyl (C=O) groups is 2. The van der Waals surface area contributed by atoms with Gasteiger partial charge >= 0.3 is 0 Å². The van der Waals surface area contributed by atoms with Crippen LogP contribution in [0.25, 0.3) is 0 Å². The Morgan fingerprint density at radius 1 is 1.22 bits per heavy atom. The quantitative estimate of drug-likeness (QED) is 0.719. The number of methoxy groups -OCH3 is 1. The maximum absolute atomic E-state index is 11.9. The van der Waals surface area contributed by atoms with E-state index < -0.39 is 0 Å². The molecule has 2 amide bonds. The van der Waals surface area contributed by atoms with E-state index in [1.54, 1.807) is 7.11 Å². The molecule has 23 heavy (non-hydrogen) atoms. The fraction of sp³-hybridized carbons (Fsp3) is 0.500. The molecule has 4 N–H and O–H groups in total. The van der Waals surface area contributed by atoms with E-state index in [1.165, 1.54) is 0 Å². The Bertz CT molecular complexity index is 522. The van der Waals surface area contributed by atoms with E-state index >= 15 is 0 Å². The second-order valence-electron chi connectivity index (χ2n) is 5.61. The van der Waals surface area contributed by atoms with Crippen LogP contribution in [0.3, 0.4) is 0 Å². The Balaban J connectivity index is 0.00000264. The molecule has 0 heterocycles. The van der Waals surface area contributed by atoms with Crippen molar-refractivity contribution in [3.63, 3.8) is 0 Å². The van der Waals surface area contributed by atoms with Crippen molar-refractivity contribution in [1.82, 2.24) is 10.6 Å². The number of nitrogens with two attached hydrogens (primary N) is 1. The lowest BCUT2D eigenvalue weighted by atomic mass is 10.1. The minimum Gasteiger partial charge on any atom is -0.497 e. The summed E-state index contributed by atoms with van der Waals surface area (Å²) in [5.74, 6) is 0.445. The highest BCUT2D eigenvalue weighted by Crippen LogP contribution is 2.23. The first kappa shape index (κ1) is 19.3. The van der Waals surface area contributed by atoms with Gasteiger partial charge in [-0.05, 0) is 37.0 Å². The minimum atomic E-state index is -0.202. The molecule has 0 spiro atoms. The van der Waals surface area contributed by atoms with Crippen LogP contribution in [0.15, 0.2) is 24.3 Å². The van der Waals surface area contributed by atoms with Crippen molar-refractivity contribution < 1.29 is 14.3 Å². The number of carbonyl (C=O) groups excluding carboxylic acids is 2. The monoisotopic (exact) mass is 341 g/mol. The van der Waals surface area contributed by atoms with Gasteiger partial charge in [0.2, 0.25) is 11.8 Å². The van der Waals surface area contributed by atoms with E-state index in [-0.39, 0.29) is 42.7 Å². The molecule has 2 rings (SSSR count). The first-order valence-electron chi connectivity index (χ1n) is 7.51. The van der Waals surface area contributed by atoms with Crippen molar-refractivity contribution in [3.05, 3.63) is 29.8 Å². The number of hydrogen-bond acceptors (Lipinski definition) is 4. The normalized spacial score (nSPS) is 19.6. The molecule has 0 radical (unpaired) electrons. The van der Waals surface area contributed by atoms with Gasteiger partial charge < -0.3 is 21.1 Å². The van der Waals surface area contributed by atoms with Crippen molar-refractivity contribution in [3.8, 4) is 5.75 Å². The van der Waals surface area contributed by atoms with Gasteiger partial charge in [-0.1, -0.05) is 12.1 Å². The van der Waals surface area contributed by atoms with Crippen molar-refractivity contribution in [2.75, 3.05) is 13.7 Å². The van der Waals surface area contributed by atoms with Crippen molar-refractivity contribution in [2.45, 2.75) is 31.8 Å². The van der Waals surface area contributed by atoms with Crippen LogP contribution in [0.4, 0.5) is 0 Å². The van der Waals surface area contributed by atoms with Crippen molar-refractivity contribution >= 4 is 24.2 Å². The second-order valence-corrected chi connectivity index (χ2v) is 5.61. The zero-order valence-electron chi connectivity index (χ0n) is 13.2. The third-order valence-corrected chi connectivity index (χ3v) is 3.92. The first-order valence-corrected chi connectivity index (χ1v) is 7.51. The average molecular weight is 342 g/mol. The number of rotatable bonds is 6. The van der Waals surface area contributed by atoms with E-state index in [4.69, 9.17) is 10.5 Å². The zero-order chi connectivity index (χ0) is 15.9. The fourth-order valence-corrected chi connectivity index (χ4v) is 2.57. The molecule has 1 aromatic rings. The number of ether oxygens (including phenoxy) is 1. The molecular formula is C16H24ClN3O3. The summed E-state index contributed by atoms with van der Waals surface area (Å²) in [6.45, 7) is 0.424. The summed E-state index contributed by atoms with van der Waals surface area (Å²) in [5, 5.41) is 5.44. The first-order chi connectivity index (χ1) is 10.6. The minimum absolute atomic E-state index is 0. The van der Waals surface area contributed by atoms with Crippen LogP contribution in [0.2, 0.25) is 0 Å². The summed E-state index contributed by atoms with van der Waals surface area (Å²) in [6, 6.07) is 7.56. The highest BCUT2D eigenvalue weighted by atomic mass is 35.5. The van der Waals surface area contributed by atoms with Crippen molar-refractivity contribution in [2.24, 2.45) is 11.7 Å². The highest BCUT2D eigenvalue weighted by molar-refractivity contribution is 5.86. The van der Waals surface area contributed by atoms with Crippen molar-refractivity contribution in [1.29, 1.82) is 0 Å². The van der Waals surface area contributed by atoms with Gasteiger partial charge in [0.25, 0.3) is 0 Å². The predicted molar refractivity (Wildman–Crippen MR) is 90.4 cm³/mol. The van der Waals surface area contributed by atoms with E-state index in [0.29, 0.717) is 13.0 Å². The summed E-state index contributed by atoms with van der Waals surface area (Å²) >= 11 is 0. The Hall–Kier alpha value is -1.79. The molecular weight excluding hydrogens is 318 g/mol. The van der Waals surface area contributed by atoms with Crippen LogP contribution in [0.1, 0.15) is 24.8 Å². The predicted octanol–water partition coefficient (Wildman–Crippen LogP) is 0.977. The molecule has 0 aromatic heterocycles. The lowest BCUT2D eigenvalue weighted by Gasteiger charge is -2.11. The van der Waals surface area contributed by atoms with Crippen LogP contribution in [-0.4, -0.2) is 31.5 Å². The van der Waals surface area contributed by atoms with E-state index in [1.807, 2.05) is 24.3 Å². The number of halogens is 1. The molecule has 1 saturated carbocycles. The Morgan fingerprint density at radius 3 is 2.48 bits per heavy atom. The molecule has 0 bridgehead atoms. The van der Waals surface area contributed by atoms with Gasteiger partial charge in [0, 0.05) is 18.5 Å². The standard InChI is InChI=1S/C16H23N3O3.ClH/c1-22-14-6-2-11(3-7-14)9-18-15(20)10-19-16(21)12-4-5-13(17)8-12;/h2-3,6-7,12-13H,4-5,8-10,17H2,1H3,(H,18,20)(H,19,21);1H. The molecule has 6 nitrogen and oxygen atoms in total. The van der Waals surface area contributed by atoms with Gasteiger partial charge in [-0.15, -0.1) is 12.4 Å². The summed E-state index contributed by atoms with van der Waals surface area (Å²) in [6.07, 6.45) is 2.39. The molecule has 1 aliphatic rings. The summed E-state index contributed by atoms with van der Waals surface area (Å²) in [5.41, 5.74) is 6.76. The largest absolute Gasteiger partial charge is 0.497 e. The number of benzene rings is 1. The lowest BCUT2D eigenvalue weighted by Crippen LogP contribution is -2.39. The fourth-order valence-electron chi connectivity index (χ4n) is 2.57. The molecule has 1 aliphatic carbocycles. The number of amides is 2. The maximum Gasteiger partial charge on any atom is 0.239 e. The maximum atomic E-state index is 11.9. The Labute approximate surface area is 142 Å². The SMILES string of the molecule is COc1ccc(CNC(=O)CNC(=O)C2CCC(N)C2)cc1.Cl. The van der Waals surface area contributed by atoms with Gasteiger partial charge in [-0.2, -0.15) is 0 Å². The average Bonchev–Trinajstić information content (AvgIpc) is 2.97. The van der Waals surface area contributed by atoms with Crippen LogP contribution in [0, 0.1) is 5.92 Å². The second kappa shape index (κ2) is 9.37. The highest BCUT2D eigenvalue weighted by Gasteiger charge is 2.27. The van der Waals surface area contributed by atoms with Crippen LogP contribution >= 0.6 is 12.4 Å². The Morgan fingerprint density at radius 2 is 1.91 bits per heavy atom. The summed E-state index contributed by atoms with van der Waals surface area (Å²) in [7, 11) is 1.61. The molecule has 2 atom stereocenters. The van der Waals surface area contributed by atoms with Crippen LogP contribution in [0.5, 0.6) is 5.75 Å². The molecule has 7 heteroatoms. The van der Waals surface area contributed by atoms with E-state index in [9.17, 15) is 9.59 Å². The molecule has 1 aromatic carbocycles. The third-order valence-electron chi connectivity index (χ3n) is 3.92. The van der Waals surface area contributed by atoms with Gasteiger partial charge in [-0.25, -0.2) is 0 Å². The number of hydrogen-bond donors (Lipinski definition) is 3. The van der Waals surface area contributed by atoms with Gasteiger partial charge in [0.1, 0.15) is 5.75 Å². The number of nitrogens with one attached hydrogen (secondary N) is 2. The van der Waals surface area contributed by atoms with Gasteiger partial charge in [-0.3, -0.25) is 9.59 Å². The van der Waals surface area contributed by atoms with E-state index in [2.05, 4.69) is 10.6 Å². The molecule has 1 fully saturated rings. The van der Waals surface area contributed by atoms with Gasteiger partial charge in [0.15, 0.2) is 0 Å². The van der Waals surface area contributed by atoms with Gasteiger partial charge in [0.05, 0.1) is 13.7 Å². The molecule has 2 unspecified atom stereocenters. The summed E-state index contributed by atoms with van der Waals surface area (Å²) in [4.78, 5) is 23.6. The van der Waals surface area contributed by atoms with E-state index in [0.717, 1.165) is 24.2 Å². The van der Waals surface area contributed by atoms with Crippen LogP contribution in [-0.2, 0) is 16.1 Å².